The first kappa shape index (κ1) is 22.0. The Hall–Kier alpha value is -1.01. The molecule has 142 valence electrons. The maximum atomic E-state index is 12.6. The fourth-order valence-electron chi connectivity index (χ4n) is 3.05. The van der Waals surface area contributed by atoms with Gasteiger partial charge in [-0.15, -0.1) is 12.4 Å². The lowest BCUT2D eigenvalue weighted by Gasteiger charge is -2.25. The maximum absolute atomic E-state index is 12.6. The van der Waals surface area contributed by atoms with E-state index in [1.165, 1.54) is 0 Å². The molecule has 0 spiro atoms. The minimum Gasteiger partial charge on any atom is -0.496 e. The van der Waals surface area contributed by atoms with Crippen molar-refractivity contribution in [2.24, 2.45) is 11.7 Å². The zero-order valence-corrected chi connectivity index (χ0v) is 16.5. The number of rotatable bonds is 7. The molecule has 2 rings (SSSR count). The zero-order chi connectivity index (χ0) is 17.7. The molecule has 0 aliphatic carbocycles. The van der Waals surface area contributed by atoms with Crippen LogP contribution in [-0.4, -0.2) is 31.8 Å². The highest BCUT2D eigenvalue weighted by atomic mass is 35.5. The van der Waals surface area contributed by atoms with Gasteiger partial charge in [0.05, 0.1) is 19.3 Å². The van der Waals surface area contributed by atoms with E-state index in [4.69, 9.17) is 26.8 Å². The molecule has 1 aliphatic heterocycles. The minimum absolute atomic E-state index is 0. The van der Waals surface area contributed by atoms with Gasteiger partial charge in [-0.2, -0.15) is 0 Å². The van der Waals surface area contributed by atoms with E-state index < -0.39 is 6.10 Å². The first-order valence-electron chi connectivity index (χ1n) is 8.44. The van der Waals surface area contributed by atoms with Gasteiger partial charge in [0, 0.05) is 17.1 Å². The number of nitrogens with two attached hydrogens (primary N) is 1. The number of nitrogens with one attached hydrogen (secondary N) is 1. The molecule has 1 heterocycles. The molecule has 0 radical (unpaired) electrons. The number of ether oxygens (including phenoxy) is 2. The number of hydrogen-bond acceptors (Lipinski definition) is 4. The molecule has 1 unspecified atom stereocenters. The maximum Gasteiger partial charge on any atom is 0.249 e. The van der Waals surface area contributed by atoms with E-state index in [1.807, 2.05) is 12.1 Å². The second-order valence-electron chi connectivity index (χ2n) is 6.64. The van der Waals surface area contributed by atoms with Gasteiger partial charge >= 0.3 is 0 Å². The number of benzene rings is 1. The van der Waals surface area contributed by atoms with Crippen LogP contribution in [0.4, 0.5) is 0 Å². The van der Waals surface area contributed by atoms with Gasteiger partial charge in [-0.05, 0) is 43.4 Å². The van der Waals surface area contributed by atoms with Crippen LogP contribution in [-0.2, 0) is 9.53 Å². The summed E-state index contributed by atoms with van der Waals surface area (Å²) in [7, 11) is 1.62. The molecule has 3 atom stereocenters. The van der Waals surface area contributed by atoms with Crippen molar-refractivity contribution in [3.8, 4) is 5.75 Å². The number of carbonyl (C=O) groups is 1. The van der Waals surface area contributed by atoms with Crippen molar-refractivity contribution in [3.05, 3.63) is 28.8 Å². The van der Waals surface area contributed by atoms with Gasteiger partial charge in [0.25, 0.3) is 0 Å². The van der Waals surface area contributed by atoms with E-state index in [-0.39, 0.29) is 30.5 Å². The van der Waals surface area contributed by atoms with Crippen LogP contribution in [0.15, 0.2) is 18.2 Å². The Morgan fingerprint density at radius 3 is 2.72 bits per heavy atom. The second kappa shape index (κ2) is 10.2. The third-order valence-corrected chi connectivity index (χ3v) is 4.49. The topological polar surface area (TPSA) is 73.6 Å². The average molecular weight is 391 g/mol. The quantitative estimate of drug-likeness (QED) is 0.747. The summed E-state index contributed by atoms with van der Waals surface area (Å²) in [5.41, 5.74) is 6.51. The highest BCUT2D eigenvalue weighted by Gasteiger charge is 2.31. The largest absolute Gasteiger partial charge is 0.496 e. The summed E-state index contributed by atoms with van der Waals surface area (Å²) < 4.78 is 11.1. The number of amides is 1. The van der Waals surface area contributed by atoms with E-state index in [9.17, 15) is 4.79 Å². The summed E-state index contributed by atoms with van der Waals surface area (Å²) >= 11 is 6.15. The van der Waals surface area contributed by atoms with E-state index in [1.54, 1.807) is 13.2 Å². The molecule has 25 heavy (non-hydrogen) atoms. The van der Waals surface area contributed by atoms with Gasteiger partial charge in [-0.1, -0.05) is 25.4 Å². The van der Waals surface area contributed by atoms with Crippen molar-refractivity contribution in [3.63, 3.8) is 0 Å². The number of carbonyl (C=O) groups excluding carboxylic acids is 1. The fourth-order valence-corrected chi connectivity index (χ4v) is 3.23. The van der Waals surface area contributed by atoms with Crippen LogP contribution in [0.25, 0.3) is 0 Å². The molecule has 1 saturated heterocycles. The van der Waals surface area contributed by atoms with E-state index in [0.29, 0.717) is 23.9 Å². The number of hydrogen-bond donors (Lipinski definition) is 2. The van der Waals surface area contributed by atoms with Crippen LogP contribution in [0.1, 0.15) is 44.7 Å². The number of methoxy groups -OCH3 is 1. The Balaban J connectivity index is 0.00000312. The molecule has 1 fully saturated rings. The minimum atomic E-state index is -0.432. The van der Waals surface area contributed by atoms with E-state index in [2.05, 4.69) is 19.2 Å². The third kappa shape index (κ3) is 6.03. The van der Waals surface area contributed by atoms with Crippen molar-refractivity contribution in [1.82, 2.24) is 5.32 Å². The SMILES string of the molecule is COc1ccc(Cl)cc1C(CC(C)C)NC(=O)[C@@H]1CC[C@H](CN)O1.Cl. The highest BCUT2D eigenvalue weighted by Crippen LogP contribution is 2.32. The van der Waals surface area contributed by atoms with Gasteiger partial charge in [-0.25, -0.2) is 0 Å². The van der Waals surface area contributed by atoms with Crippen LogP contribution < -0.4 is 15.8 Å². The highest BCUT2D eigenvalue weighted by molar-refractivity contribution is 6.30. The zero-order valence-electron chi connectivity index (χ0n) is 15.0. The Morgan fingerprint density at radius 2 is 2.16 bits per heavy atom. The molecule has 5 nitrogen and oxygen atoms in total. The standard InChI is InChI=1S/C18H27ClN2O3.ClH/c1-11(2)8-15(14-9-12(19)4-6-16(14)23-3)21-18(22)17-7-5-13(10-20)24-17;/h4,6,9,11,13,15,17H,5,7-8,10,20H2,1-3H3,(H,21,22);1H/t13-,15?,17+;/m1./s1. The average Bonchev–Trinajstić information content (AvgIpc) is 3.03. The van der Waals surface area contributed by atoms with Crippen molar-refractivity contribution in [2.75, 3.05) is 13.7 Å². The van der Waals surface area contributed by atoms with Crippen molar-refractivity contribution < 1.29 is 14.3 Å². The summed E-state index contributed by atoms with van der Waals surface area (Å²) in [6.07, 6.45) is 1.86. The van der Waals surface area contributed by atoms with Gasteiger partial charge in [0.1, 0.15) is 11.9 Å². The van der Waals surface area contributed by atoms with Crippen molar-refractivity contribution in [1.29, 1.82) is 0 Å². The van der Waals surface area contributed by atoms with E-state index in [0.717, 1.165) is 24.2 Å². The lowest BCUT2D eigenvalue weighted by atomic mass is 9.95. The summed E-state index contributed by atoms with van der Waals surface area (Å²) in [4.78, 5) is 12.6. The Bertz CT molecular complexity index is 569. The Labute approximate surface area is 161 Å². The molecule has 0 aromatic heterocycles. The molecule has 1 amide bonds. The Morgan fingerprint density at radius 1 is 1.44 bits per heavy atom. The van der Waals surface area contributed by atoms with Crippen molar-refractivity contribution >= 4 is 29.9 Å². The summed E-state index contributed by atoms with van der Waals surface area (Å²) in [5.74, 6) is 1.02. The van der Waals surface area contributed by atoms with Crippen LogP contribution >= 0.6 is 24.0 Å². The van der Waals surface area contributed by atoms with Crippen LogP contribution in [0.3, 0.4) is 0 Å². The first-order valence-corrected chi connectivity index (χ1v) is 8.81. The predicted molar refractivity (Wildman–Crippen MR) is 103 cm³/mol. The van der Waals surface area contributed by atoms with Gasteiger partial charge < -0.3 is 20.5 Å². The Kier molecular flexibility index (Phi) is 9.00. The lowest BCUT2D eigenvalue weighted by molar-refractivity contribution is -0.132. The van der Waals surface area contributed by atoms with Crippen LogP contribution in [0, 0.1) is 5.92 Å². The predicted octanol–water partition coefficient (Wildman–Crippen LogP) is 3.48. The lowest BCUT2D eigenvalue weighted by Crippen LogP contribution is -2.38. The monoisotopic (exact) mass is 390 g/mol. The second-order valence-corrected chi connectivity index (χ2v) is 7.07. The van der Waals surface area contributed by atoms with Crippen LogP contribution in [0.5, 0.6) is 5.75 Å². The molecular formula is C18H28Cl2N2O3. The molecule has 1 aliphatic rings. The van der Waals surface area contributed by atoms with Crippen molar-refractivity contribution in [2.45, 2.75) is 51.4 Å². The summed E-state index contributed by atoms with van der Waals surface area (Å²) in [6.45, 7) is 4.68. The molecule has 0 bridgehead atoms. The van der Waals surface area contributed by atoms with Gasteiger partial charge in [0.15, 0.2) is 0 Å². The number of halogens is 2. The van der Waals surface area contributed by atoms with E-state index >= 15 is 0 Å². The molecule has 0 saturated carbocycles. The summed E-state index contributed by atoms with van der Waals surface area (Å²) in [6, 6.07) is 5.29. The molecule has 7 heteroatoms. The first-order chi connectivity index (χ1) is 11.4. The smallest absolute Gasteiger partial charge is 0.249 e. The van der Waals surface area contributed by atoms with Crippen LogP contribution in [0.2, 0.25) is 5.02 Å². The molecule has 1 aromatic carbocycles. The normalized spacial score (nSPS) is 20.9. The molecule has 3 N–H and O–H groups in total. The fraction of sp³-hybridized carbons (Fsp3) is 0.611. The third-order valence-electron chi connectivity index (χ3n) is 4.25. The van der Waals surface area contributed by atoms with Gasteiger partial charge in [0.2, 0.25) is 5.91 Å². The van der Waals surface area contributed by atoms with Gasteiger partial charge in [-0.3, -0.25) is 4.79 Å². The summed E-state index contributed by atoms with van der Waals surface area (Å²) in [5, 5.41) is 3.73. The molecule has 1 aromatic rings. The molecular weight excluding hydrogens is 363 g/mol.